The van der Waals surface area contributed by atoms with Gasteiger partial charge in [-0.15, -0.1) is 0 Å². The Kier molecular flexibility index (Phi) is 2.72. The number of cyclic esters (lactones) is 1. The van der Waals surface area contributed by atoms with Gasteiger partial charge < -0.3 is 4.74 Å². The number of hydrogen-bond acceptors (Lipinski definition) is 4. The zero-order valence-corrected chi connectivity index (χ0v) is 8.80. The summed E-state index contributed by atoms with van der Waals surface area (Å²) in [7, 11) is 1.06. The zero-order chi connectivity index (χ0) is 10.2. The number of rotatable bonds is 2. The van der Waals surface area contributed by atoms with Gasteiger partial charge in [-0.1, -0.05) is 13.8 Å². The minimum atomic E-state index is -4.01. The first-order valence-electron chi connectivity index (χ1n) is 3.75. The molecule has 0 bridgehead atoms. The molecule has 0 aromatic heterocycles. The van der Waals surface area contributed by atoms with E-state index in [0.29, 0.717) is 4.31 Å². The van der Waals surface area contributed by atoms with E-state index < -0.39 is 21.4 Å². The highest BCUT2D eigenvalue weighted by molar-refractivity contribution is 8.12. The third kappa shape index (κ3) is 2.05. The van der Waals surface area contributed by atoms with Crippen LogP contribution >= 0.6 is 10.7 Å². The topological polar surface area (TPSA) is 63.7 Å². The molecule has 0 aliphatic carbocycles. The van der Waals surface area contributed by atoms with Gasteiger partial charge in [-0.05, 0) is 5.92 Å². The molecule has 0 spiro atoms. The predicted molar refractivity (Wildman–Crippen MR) is 46.6 cm³/mol. The number of ether oxygens (including phenoxy) is 1. The molecule has 0 radical (unpaired) electrons. The van der Waals surface area contributed by atoms with E-state index in [1.807, 2.05) is 0 Å². The Morgan fingerprint density at radius 1 is 1.62 bits per heavy atom. The van der Waals surface area contributed by atoms with Crippen molar-refractivity contribution in [2.24, 2.45) is 5.92 Å². The first-order valence-corrected chi connectivity index (χ1v) is 6.01. The highest BCUT2D eigenvalue weighted by Gasteiger charge is 2.42. The largest absolute Gasteiger partial charge is 0.446 e. The molecule has 0 N–H and O–H groups in total. The summed E-state index contributed by atoms with van der Waals surface area (Å²) in [5.41, 5.74) is 0. The van der Waals surface area contributed by atoms with Gasteiger partial charge in [0, 0.05) is 10.7 Å². The van der Waals surface area contributed by atoms with E-state index in [2.05, 4.69) is 4.74 Å². The fourth-order valence-corrected chi connectivity index (χ4v) is 2.47. The summed E-state index contributed by atoms with van der Waals surface area (Å²) < 4.78 is 27.1. The second kappa shape index (κ2) is 3.34. The van der Waals surface area contributed by atoms with Crippen molar-refractivity contribution in [2.45, 2.75) is 19.9 Å². The summed E-state index contributed by atoms with van der Waals surface area (Å²) in [5.74, 6) is -0.0139. The molecule has 1 fully saturated rings. The average Bonchev–Trinajstić information content (AvgIpc) is 2.28. The van der Waals surface area contributed by atoms with E-state index in [1.165, 1.54) is 0 Å². The molecule has 13 heavy (non-hydrogen) atoms. The molecule has 0 aromatic carbocycles. The van der Waals surface area contributed by atoms with Gasteiger partial charge in [-0.25, -0.2) is 4.79 Å². The Morgan fingerprint density at radius 2 is 2.15 bits per heavy atom. The Bertz CT molecular complexity index is 313. The molecule has 5 nitrogen and oxygen atoms in total. The van der Waals surface area contributed by atoms with Crippen molar-refractivity contribution >= 4 is 26.0 Å². The zero-order valence-electron chi connectivity index (χ0n) is 7.23. The number of carbonyl (C=O) groups excluding carboxylic acids is 1. The van der Waals surface area contributed by atoms with Gasteiger partial charge in [0.1, 0.15) is 6.61 Å². The van der Waals surface area contributed by atoms with Crippen LogP contribution in [0.4, 0.5) is 4.79 Å². The molecule has 1 aliphatic rings. The third-order valence-corrected chi connectivity index (χ3v) is 3.20. The van der Waals surface area contributed by atoms with E-state index >= 15 is 0 Å². The van der Waals surface area contributed by atoms with Crippen LogP contribution in [-0.2, 0) is 14.0 Å². The van der Waals surface area contributed by atoms with Gasteiger partial charge in [-0.3, -0.25) is 0 Å². The van der Waals surface area contributed by atoms with Gasteiger partial charge in [-0.2, -0.15) is 12.7 Å². The maximum absolute atomic E-state index is 11.0. The van der Waals surface area contributed by atoms with Gasteiger partial charge in [0.2, 0.25) is 0 Å². The molecule has 1 atom stereocenters. The lowest BCUT2D eigenvalue weighted by Crippen LogP contribution is -2.39. The lowest BCUT2D eigenvalue weighted by atomic mass is 10.1. The molecule has 0 aromatic rings. The third-order valence-electron chi connectivity index (χ3n) is 1.86. The molecular formula is C6H10ClNO4S. The smallest absolute Gasteiger partial charge is 0.424 e. The predicted octanol–water partition coefficient (Wildman–Crippen LogP) is 0.947. The summed E-state index contributed by atoms with van der Waals surface area (Å²) in [6.07, 6.45) is -0.895. The fraction of sp³-hybridized carbons (Fsp3) is 0.833. The second-order valence-corrected chi connectivity index (χ2v) is 5.51. The van der Waals surface area contributed by atoms with E-state index in [-0.39, 0.29) is 12.5 Å². The van der Waals surface area contributed by atoms with Crippen LogP contribution in [0, 0.1) is 5.92 Å². The standard InChI is InChI=1S/C6H10ClNO4S/c1-4(2)5-3-12-6(9)8(5)13(7,10)11/h4-5H,3H2,1-2H3/t5-/m1/s1. The second-order valence-electron chi connectivity index (χ2n) is 3.13. The average molecular weight is 228 g/mol. The highest BCUT2D eigenvalue weighted by atomic mass is 35.7. The van der Waals surface area contributed by atoms with Gasteiger partial charge in [0.25, 0.3) is 0 Å². The van der Waals surface area contributed by atoms with E-state index in [9.17, 15) is 13.2 Å². The maximum atomic E-state index is 11.0. The van der Waals surface area contributed by atoms with Crippen molar-refractivity contribution in [1.82, 2.24) is 4.31 Å². The SMILES string of the molecule is CC(C)[C@H]1COC(=O)N1S(=O)(=O)Cl. The van der Waals surface area contributed by atoms with E-state index in [1.54, 1.807) is 13.8 Å². The normalized spacial score (nSPS) is 23.8. The van der Waals surface area contributed by atoms with Crippen molar-refractivity contribution in [3.05, 3.63) is 0 Å². The lowest BCUT2D eigenvalue weighted by Gasteiger charge is -2.20. The summed E-state index contributed by atoms with van der Waals surface area (Å²) >= 11 is 0. The lowest BCUT2D eigenvalue weighted by molar-refractivity contribution is 0.170. The van der Waals surface area contributed by atoms with Crippen LogP contribution in [0.3, 0.4) is 0 Å². The van der Waals surface area contributed by atoms with Crippen LogP contribution in [0.1, 0.15) is 13.8 Å². The van der Waals surface area contributed by atoms with Gasteiger partial charge in [0.15, 0.2) is 0 Å². The first kappa shape index (κ1) is 10.6. The van der Waals surface area contributed by atoms with Crippen molar-refractivity contribution in [3.63, 3.8) is 0 Å². The fourth-order valence-electron chi connectivity index (χ4n) is 1.14. The van der Waals surface area contributed by atoms with Crippen LogP contribution in [0.25, 0.3) is 0 Å². The van der Waals surface area contributed by atoms with E-state index in [0.717, 1.165) is 0 Å². The molecule has 1 saturated heterocycles. The van der Waals surface area contributed by atoms with Crippen LogP contribution in [-0.4, -0.2) is 31.5 Å². The molecule has 0 unspecified atom stereocenters. The quantitative estimate of drug-likeness (QED) is 0.659. The minimum Gasteiger partial charge on any atom is -0.446 e. The monoisotopic (exact) mass is 227 g/mol. The Morgan fingerprint density at radius 3 is 2.46 bits per heavy atom. The number of nitrogens with zero attached hydrogens (tertiary/aromatic N) is 1. The molecule has 1 aliphatic heterocycles. The van der Waals surface area contributed by atoms with Crippen LogP contribution in [0.2, 0.25) is 0 Å². The van der Waals surface area contributed by atoms with Crippen molar-refractivity contribution in [1.29, 1.82) is 0 Å². The Hall–Kier alpha value is -0.490. The van der Waals surface area contributed by atoms with Crippen molar-refractivity contribution in [2.75, 3.05) is 6.61 Å². The van der Waals surface area contributed by atoms with Crippen LogP contribution < -0.4 is 0 Å². The Balaban J connectivity index is 2.97. The van der Waals surface area contributed by atoms with Crippen LogP contribution in [0.15, 0.2) is 0 Å². The highest BCUT2D eigenvalue weighted by Crippen LogP contribution is 2.24. The van der Waals surface area contributed by atoms with Gasteiger partial charge in [0.05, 0.1) is 6.04 Å². The molecule has 1 heterocycles. The van der Waals surface area contributed by atoms with Crippen molar-refractivity contribution in [3.8, 4) is 0 Å². The van der Waals surface area contributed by atoms with Gasteiger partial charge >= 0.3 is 15.3 Å². The van der Waals surface area contributed by atoms with Crippen molar-refractivity contribution < 1.29 is 17.9 Å². The summed E-state index contributed by atoms with van der Waals surface area (Å²) in [6, 6.07) is -0.491. The Labute approximate surface area is 81.2 Å². The van der Waals surface area contributed by atoms with Crippen LogP contribution in [0.5, 0.6) is 0 Å². The first-order chi connectivity index (χ1) is 5.84. The molecule has 7 heteroatoms. The van der Waals surface area contributed by atoms with E-state index in [4.69, 9.17) is 10.7 Å². The number of carbonyl (C=O) groups is 1. The number of hydrogen-bond donors (Lipinski definition) is 0. The number of amides is 1. The molecule has 76 valence electrons. The minimum absolute atomic E-state index is 0.0139. The molecule has 1 rings (SSSR count). The molecular weight excluding hydrogens is 218 g/mol. The molecule has 0 saturated carbocycles. The summed E-state index contributed by atoms with van der Waals surface area (Å²) in [4.78, 5) is 11.0. The maximum Gasteiger partial charge on any atom is 0.424 e. The summed E-state index contributed by atoms with van der Waals surface area (Å²) in [5, 5.41) is 0. The number of halogens is 1. The molecule has 1 amide bonds. The summed E-state index contributed by atoms with van der Waals surface area (Å²) in [6.45, 7) is 3.66.